The van der Waals surface area contributed by atoms with Crippen molar-refractivity contribution in [3.63, 3.8) is 0 Å². The lowest BCUT2D eigenvalue weighted by Crippen LogP contribution is -2.36. The Kier molecular flexibility index (Phi) is 3.49. The Labute approximate surface area is 86.8 Å². The normalized spacial score (nSPS) is 12.6. The van der Waals surface area contributed by atoms with E-state index in [1.807, 2.05) is 0 Å². The number of nitrogens with zero attached hydrogens (tertiary/aromatic N) is 2. The molecule has 0 spiro atoms. The van der Waals surface area contributed by atoms with Crippen molar-refractivity contribution in [3.8, 4) is 0 Å². The first-order chi connectivity index (χ1) is 6.56. The zero-order valence-electron chi connectivity index (χ0n) is 8.03. The van der Waals surface area contributed by atoms with Crippen LogP contribution in [0.5, 0.6) is 0 Å². The fourth-order valence-corrected chi connectivity index (χ4v) is 1.16. The molecule has 0 aliphatic rings. The van der Waals surface area contributed by atoms with Crippen molar-refractivity contribution < 1.29 is 9.53 Å². The fraction of sp³-hybridized carbons (Fsp3) is 0.500. The van der Waals surface area contributed by atoms with Crippen LogP contribution in [0.25, 0.3) is 0 Å². The summed E-state index contributed by atoms with van der Waals surface area (Å²) in [5.74, 6) is -0.462. The summed E-state index contributed by atoms with van der Waals surface area (Å²) < 4.78 is 6.07. The van der Waals surface area contributed by atoms with Gasteiger partial charge in [-0.15, -0.1) is 0 Å². The van der Waals surface area contributed by atoms with Gasteiger partial charge < -0.3 is 10.5 Å². The van der Waals surface area contributed by atoms with Gasteiger partial charge in [-0.05, 0) is 6.92 Å². The van der Waals surface area contributed by atoms with E-state index in [1.54, 1.807) is 11.6 Å². The molecule has 0 radical (unpaired) electrons. The van der Waals surface area contributed by atoms with Gasteiger partial charge in [-0.25, -0.2) is 0 Å². The van der Waals surface area contributed by atoms with E-state index in [9.17, 15) is 4.79 Å². The number of carbonyl (C=O) groups is 1. The van der Waals surface area contributed by atoms with Gasteiger partial charge in [0.05, 0.1) is 30.6 Å². The van der Waals surface area contributed by atoms with Crippen LogP contribution in [0, 0.1) is 6.92 Å². The summed E-state index contributed by atoms with van der Waals surface area (Å²) in [6.45, 7) is 2.07. The van der Waals surface area contributed by atoms with Crippen LogP contribution in [-0.4, -0.2) is 28.9 Å². The number of carbonyl (C=O) groups excluding carboxylic acids is 1. The summed E-state index contributed by atoms with van der Waals surface area (Å²) in [7, 11) is 1.30. The lowest BCUT2D eigenvalue weighted by atomic mass is 10.3. The minimum Gasteiger partial charge on any atom is -0.468 e. The van der Waals surface area contributed by atoms with E-state index < -0.39 is 12.0 Å². The molecule has 1 aromatic rings. The first-order valence-electron chi connectivity index (χ1n) is 4.07. The van der Waals surface area contributed by atoms with Gasteiger partial charge in [0.2, 0.25) is 0 Å². The maximum Gasteiger partial charge on any atom is 0.324 e. The second-order valence-corrected chi connectivity index (χ2v) is 3.30. The number of hydrogen-bond donors (Lipinski definition) is 1. The van der Waals surface area contributed by atoms with Gasteiger partial charge >= 0.3 is 5.97 Å². The maximum absolute atomic E-state index is 11.0. The molecule has 0 bridgehead atoms. The highest BCUT2D eigenvalue weighted by atomic mass is 35.5. The Balaban J connectivity index is 2.69. The Morgan fingerprint density at radius 3 is 2.93 bits per heavy atom. The molecule has 0 saturated heterocycles. The van der Waals surface area contributed by atoms with Crippen LogP contribution in [0.3, 0.4) is 0 Å². The second-order valence-electron chi connectivity index (χ2n) is 2.89. The van der Waals surface area contributed by atoms with Crippen LogP contribution in [0.2, 0.25) is 5.02 Å². The molecule has 5 nitrogen and oxygen atoms in total. The highest BCUT2D eigenvalue weighted by Crippen LogP contribution is 2.13. The first-order valence-corrected chi connectivity index (χ1v) is 4.45. The molecule has 78 valence electrons. The molecule has 1 atom stereocenters. The summed E-state index contributed by atoms with van der Waals surface area (Å²) >= 11 is 5.79. The van der Waals surface area contributed by atoms with Crippen molar-refractivity contribution >= 4 is 17.6 Å². The smallest absolute Gasteiger partial charge is 0.324 e. The van der Waals surface area contributed by atoms with Crippen LogP contribution in [0.4, 0.5) is 0 Å². The highest BCUT2D eigenvalue weighted by molar-refractivity contribution is 6.31. The molecule has 14 heavy (non-hydrogen) atoms. The van der Waals surface area contributed by atoms with Crippen LogP contribution in [0.15, 0.2) is 6.20 Å². The zero-order valence-corrected chi connectivity index (χ0v) is 8.78. The van der Waals surface area contributed by atoms with Crippen LogP contribution in [0.1, 0.15) is 5.69 Å². The standard InChI is InChI=1S/C8H12ClN3O2/c1-5-6(9)3-11-12(5)4-7(10)8(13)14-2/h3,7H,4,10H2,1-2H3. The monoisotopic (exact) mass is 217 g/mol. The van der Waals surface area contributed by atoms with Crippen molar-refractivity contribution in [2.75, 3.05) is 7.11 Å². The van der Waals surface area contributed by atoms with Crippen molar-refractivity contribution in [3.05, 3.63) is 16.9 Å². The number of ether oxygens (including phenoxy) is 1. The summed E-state index contributed by atoms with van der Waals surface area (Å²) in [6.07, 6.45) is 1.51. The third-order valence-corrected chi connectivity index (χ3v) is 2.29. The second kappa shape index (κ2) is 4.43. The van der Waals surface area contributed by atoms with Crippen molar-refractivity contribution in [2.45, 2.75) is 19.5 Å². The number of rotatable bonds is 3. The first kappa shape index (κ1) is 11.0. The van der Waals surface area contributed by atoms with Gasteiger partial charge in [0.1, 0.15) is 6.04 Å². The third kappa shape index (κ3) is 2.24. The van der Waals surface area contributed by atoms with Crippen LogP contribution >= 0.6 is 11.6 Å². The van der Waals surface area contributed by atoms with E-state index in [-0.39, 0.29) is 6.54 Å². The molecule has 0 saturated carbocycles. The van der Waals surface area contributed by atoms with Crippen LogP contribution in [-0.2, 0) is 16.1 Å². The molecular formula is C8H12ClN3O2. The Morgan fingerprint density at radius 2 is 2.50 bits per heavy atom. The minimum atomic E-state index is -0.713. The highest BCUT2D eigenvalue weighted by Gasteiger charge is 2.16. The lowest BCUT2D eigenvalue weighted by Gasteiger charge is -2.10. The Morgan fingerprint density at radius 1 is 1.86 bits per heavy atom. The van der Waals surface area contributed by atoms with E-state index in [2.05, 4.69) is 9.84 Å². The molecule has 0 amide bonds. The third-order valence-electron chi connectivity index (χ3n) is 1.92. The van der Waals surface area contributed by atoms with Gasteiger partial charge in [-0.2, -0.15) is 5.10 Å². The van der Waals surface area contributed by atoms with Gasteiger partial charge in [-0.1, -0.05) is 11.6 Å². The number of nitrogens with two attached hydrogens (primary N) is 1. The minimum absolute atomic E-state index is 0.269. The van der Waals surface area contributed by atoms with Gasteiger partial charge in [0, 0.05) is 0 Å². The van der Waals surface area contributed by atoms with Crippen molar-refractivity contribution in [1.82, 2.24) is 9.78 Å². The topological polar surface area (TPSA) is 70.1 Å². The summed E-state index contributed by atoms with van der Waals surface area (Å²) in [5.41, 5.74) is 6.34. The van der Waals surface area contributed by atoms with Crippen LogP contribution < -0.4 is 5.73 Å². The molecule has 0 fully saturated rings. The summed E-state index contributed by atoms with van der Waals surface area (Å²) in [6, 6.07) is -0.713. The number of aromatic nitrogens is 2. The van der Waals surface area contributed by atoms with Gasteiger partial charge in [0.15, 0.2) is 0 Å². The zero-order chi connectivity index (χ0) is 10.7. The van der Waals surface area contributed by atoms with E-state index in [0.29, 0.717) is 5.02 Å². The lowest BCUT2D eigenvalue weighted by molar-refractivity contribution is -0.142. The van der Waals surface area contributed by atoms with E-state index in [1.165, 1.54) is 13.3 Å². The molecule has 1 aromatic heterocycles. The number of hydrogen-bond acceptors (Lipinski definition) is 4. The maximum atomic E-state index is 11.0. The molecule has 1 unspecified atom stereocenters. The molecule has 2 N–H and O–H groups in total. The van der Waals surface area contributed by atoms with Gasteiger partial charge in [0.25, 0.3) is 0 Å². The molecule has 0 aliphatic carbocycles. The molecule has 0 aliphatic heterocycles. The van der Waals surface area contributed by atoms with E-state index in [4.69, 9.17) is 17.3 Å². The van der Waals surface area contributed by atoms with Gasteiger partial charge in [-0.3, -0.25) is 9.48 Å². The quantitative estimate of drug-likeness (QED) is 0.742. The average Bonchev–Trinajstić information content (AvgIpc) is 2.48. The average molecular weight is 218 g/mol. The van der Waals surface area contributed by atoms with E-state index in [0.717, 1.165) is 5.69 Å². The number of methoxy groups -OCH3 is 1. The summed E-state index contributed by atoms with van der Waals surface area (Å²) in [4.78, 5) is 11.0. The number of esters is 1. The molecular weight excluding hydrogens is 206 g/mol. The Bertz CT molecular complexity index is 337. The molecule has 6 heteroatoms. The largest absolute Gasteiger partial charge is 0.468 e. The number of halogens is 1. The van der Waals surface area contributed by atoms with Crippen molar-refractivity contribution in [1.29, 1.82) is 0 Å². The molecule has 0 aromatic carbocycles. The predicted octanol–water partition coefficient (Wildman–Crippen LogP) is 0.345. The van der Waals surface area contributed by atoms with E-state index >= 15 is 0 Å². The SMILES string of the molecule is COC(=O)C(N)Cn1ncc(Cl)c1C. The predicted molar refractivity (Wildman–Crippen MR) is 52.0 cm³/mol. The Hall–Kier alpha value is -1.07. The molecule has 1 rings (SSSR count). The fourth-order valence-electron chi connectivity index (χ4n) is 1.02. The molecule has 1 heterocycles. The summed E-state index contributed by atoms with van der Waals surface area (Å²) in [5, 5.41) is 4.53. The van der Waals surface area contributed by atoms with Crippen molar-refractivity contribution in [2.24, 2.45) is 5.73 Å².